The second kappa shape index (κ2) is 4.71. The topological polar surface area (TPSA) is 107 Å². The molecule has 0 spiro atoms. The molecule has 2 aromatic rings. The fourth-order valence-corrected chi connectivity index (χ4v) is 1.69. The summed E-state index contributed by atoms with van der Waals surface area (Å²) in [6.07, 6.45) is 0.667. The van der Waals surface area contributed by atoms with Crippen LogP contribution in [0.15, 0.2) is 15.5 Å². The quantitative estimate of drug-likeness (QED) is 0.782. The van der Waals surface area contributed by atoms with E-state index in [0.29, 0.717) is 13.0 Å². The number of rotatable bonds is 4. The van der Waals surface area contributed by atoms with Crippen LogP contribution in [0.25, 0.3) is 0 Å². The second-order valence-corrected chi connectivity index (χ2v) is 3.70. The molecule has 0 aromatic carbocycles. The van der Waals surface area contributed by atoms with Gasteiger partial charge in [-0.15, -0.1) is 11.3 Å². The Morgan fingerprint density at radius 2 is 2.44 bits per heavy atom. The van der Waals surface area contributed by atoms with Crippen LogP contribution in [0.5, 0.6) is 0 Å². The van der Waals surface area contributed by atoms with E-state index in [-0.39, 0.29) is 11.5 Å². The number of nitrogen functional groups attached to an aromatic ring is 1. The third kappa shape index (κ3) is 2.34. The zero-order valence-electron chi connectivity index (χ0n) is 8.21. The van der Waals surface area contributed by atoms with Gasteiger partial charge in [0.25, 0.3) is 5.91 Å². The SMILES string of the molecule is Nc1nonc1C(=O)NCCc1cscn1. The minimum absolute atomic E-state index is 0.00819. The van der Waals surface area contributed by atoms with Gasteiger partial charge in [0.1, 0.15) is 0 Å². The number of hydrogen-bond donors (Lipinski definition) is 2. The molecule has 0 bridgehead atoms. The van der Waals surface area contributed by atoms with Gasteiger partial charge in [-0.3, -0.25) is 4.79 Å². The summed E-state index contributed by atoms with van der Waals surface area (Å²) in [7, 11) is 0. The van der Waals surface area contributed by atoms with Gasteiger partial charge in [-0.2, -0.15) is 0 Å². The van der Waals surface area contributed by atoms with E-state index in [1.54, 1.807) is 5.51 Å². The van der Waals surface area contributed by atoms with Gasteiger partial charge in [0.15, 0.2) is 0 Å². The van der Waals surface area contributed by atoms with Crippen LogP contribution in [-0.4, -0.2) is 27.7 Å². The Morgan fingerprint density at radius 3 is 3.06 bits per heavy atom. The predicted octanol–water partition coefficient (Wildman–Crippen LogP) is 0.0808. The molecule has 0 saturated carbocycles. The number of nitrogens with zero attached hydrogens (tertiary/aromatic N) is 3. The smallest absolute Gasteiger partial charge is 0.277 e. The Balaban J connectivity index is 1.83. The highest BCUT2D eigenvalue weighted by molar-refractivity contribution is 7.07. The van der Waals surface area contributed by atoms with Crippen molar-refractivity contribution < 1.29 is 9.42 Å². The first kappa shape index (κ1) is 10.6. The molecule has 0 aliphatic carbocycles. The van der Waals surface area contributed by atoms with Gasteiger partial charge in [-0.25, -0.2) is 9.61 Å². The maximum atomic E-state index is 11.5. The Morgan fingerprint density at radius 1 is 1.56 bits per heavy atom. The summed E-state index contributed by atoms with van der Waals surface area (Å²) in [4.78, 5) is 15.6. The van der Waals surface area contributed by atoms with Crippen molar-refractivity contribution in [2.45, 2.75) is 6.42 Å². The van der Waals surface area contributed by atoms with Crippen LogP contribution in [0, 0.1) is 0 Å². The number of aromatic nitrogens is 3. The average molecular weight is 239 g/mol. The van der Waals surface area contributed by atoms with Gasteiger partial charge in [0.2, 0.25) is 11.5 Å². The van der Waals surface area contributed by atoms with Gasteiger partial charge in [0.05, 0.1) is 11.2 Å². The maximum absolute atomic E-state index is 11.5. The maximum Gasteiger partial charge on any atom is 0.277 e. The van der Waals surface area contributed by atoms with Crippen molar-refractivity contribution in [3.8, 4) is 0 Å². The molecule has 7 nitrogen and oxygen atoms in total. The molecule has 0 aliphatic heterocycles. The zero-order chi connectivity index (χ0) is 11.4. The summed E-state index contributed by atoms with van der Waals surface area (Å²) >= 11 is 1.52. The lowest BCUT2D eigenvalue weighted by Crippen LogP contribution is -2.26. The highest BCUT2D eigenvalue weighted by Crippen LogP contribution is 2.04. The summed E-state index contributed by atoms with van der Waals surface area (Å²) in [6.45, 7) is 0.467. The fraction of sp³-hybridized carbons (Fsp3) is 0.250. The van der Waals surface area contributed by atoms with Crippen molar-refractivity contribution in [3.05, 3.63) is 22.3 Å². The molecule has 2 heterocycles. The van der Waals surface area contributed by atoms with E-state index < -0.39 is 5.91 Å². The molecular formula is C8H9N5O2S. The molecule has 8 heteroatoms. The average Bonchev–Trinajstić information content (AvgIpc) is 2.88. The van der Waals surface area contributed by atoms with Crippen LogP contribution in [0.2, 0.25) is 0 Å². The number of carbonyl (C=O) groups excluding carboxylic acids is 1. The summed E-state index contributed by atoms with van der Waals surface area (Å²) in [5.74, 6) is -0.403. The number of nitrogens with two attached hydrogens (primary N) is 1. The van der Waals surface area contributed by atoms with Crippen molar-refractivity contribution in [3.63, 3.8) is 0 Å². The van der Waals surface area contributed by atoms with Crippen molar-refractivity contribution in [1.82, 2.24) is 20.6 Å². The molecule has 0 unspecified atom stereocenters. The van der Waals surface area contributed by atoms with Gasteiger partial charge in [0, 0.05) is 18.3 Å². The van der Waals surface area contributed by atoms with Gasteiger partial charge >= 0.3 is 0 Å². The minimum Gasteiger partial charge on any atom is -0.379 e. The molecule has 2 aromatic heterocycles. The van der Waals surface area contributed by atoms with Crippen molar-refractivity contribution in [2.75, 3.05) is 12.3 Å². The Bertz CT molecular complexity index is 466. The number of amides is 1. The first-order chi connectivity index (χ1) is 7.77. The lowest BCUT2D eigenvalue weighted by atomic mass is 10.3. The van der Waals surface area contributed by atoms with E-state index in [0.717, 1.165) is 5.69 Å². The van der Waals surface area contributed by atoms with Crippen molar-refractivity contribution >= 4 is 23.1 Å². The summed E-state index contributed by atoms with van der Waals surface area (Å²) in [5, 5.41) is 11.3. The minimum atomic E-state index is -0.394. The molecule has 84 valence electrons. The summed E-state index contributed by atoms with van der Waals surface area (Å²) in [5.41, 5.74) is 8.07. The van der Waals surface area contributed by atoms with Crippen LogP contribution in [-0.2, 0) is 6.42 Å². The van der Waals surface area contributed by atoms with E-state index >= 15 is 0 Å². The molecule has 16 heavy (non-hydrogen) atoms. The second-order valence-electron chi connectivity index (χ2n) is 2.98. The molecule has 0 fully saturated rings. The highest BCUT2D eigenvalue weighted by Gasteiger charge is 2.14. The van der Waals surface area contributed by atoms with E-state index in [1.807, 2.05) is 5.38 Å². The molecule has 3 N–H and O–H groups in total. The monoisotopic (exact) mass is 239 g/mol. The number of nitrogens with one attached hydrogen (secondary N) is 1. The third-order valence-electron chi connectivity index (χ3n) is 1.88. The van der Waals surface area contributed by atoms with E-state index in [9.17, 15) is 4.79 Å². The van der Waals surface area contributed by atoms with Crippen LogP contribution in [0.4, 0.5) is 5.82 Å². The predicted molar refractivity (Wildman–Crippen MR) is 56.9 cm³/mol. The van der Waals surface area contributed by atoms with Crippen LogP contribution in [0.3, 0.4) is 0 Å². The number of thiazole rings is 1. The molecule has 0 aliphatic rings. The van der Waals surface area contributed by atoms with Gasteiger partial charge in [-0.1, -0.05) is 0 Å². The molecule has 0 atom stereocenters. The molecule has 0 radical (unpaired) electrons. The molecular weight excluding hydrogens is 230 g/mol. The first-order valence-corrected chi connectivity index (χ1v) is 5.45. The number of anilines is 1. The number of carbonyl (C=O) groups is 1. The van der Waals surface area contributed by atoms with Crippen LogP contribution < -0.4 is 11.1 Å². The standard InChI is InChI=1S/C8H9N5O2S/c9-7-6(12-15-13-7)8(14)10-2-1-5-3-16-4-11-5/h3-4H,1-2H2,(H2,9,13)(H,10,14). The Hall–Kier alpha value is -1.96. The van der Waals surface area contributed by atoms with Crippen LogP contribution in [0.1, 0.15) is 16.2 Å². The zero-order valence-corrected chi connectivity index (χ0v) is 9.03. The lowest BCUT2D eigenvalue weighted by Gasteiger charge is -2.00. The molecule has 1 amide bonds. The van der Waals surface area contributed by atoms with Crippen molar-refractivity contribution in [1.29, 1.82) is 0 Å². The van der Waals surface area contributed by atoms with Gasteiger partial charge in [-0.05, 0) is 10.3 Å². The Labute approximate surface area is 94.6 Å². The van der Waals surface area contributed by atoms with E-state index in [2.05, 4.69) is 25.2 Å². The first-order valence-electron chi connectivity index (χ1n) is 4.50. The Kier molecular flexibility index (Phi) is 3.10. The van der Waals surface area contributed by atoms with E-state index in [4.69, 9.17) is 5.73 Å². The van der Waals surface area contributed by atoms with Crippen LogP contribution >= 0.6 is 11.3 Å². The summed E-state index contributed by atoms with van der Waals surface area (Å²) < 4.78 is 4.32. The van der Waals surface area contributed by atoms with Crippen molar-refractivity contribution in [2.24, 2.45) is 0 Å². The fourth-order valence-electron chi connectivity index (χ4n) is 1.10. The molecule has 0 saturated heterocycles. The summed E-state index contributed by atoms with van der Waals surface area (Å²) in [6, 6.07) is 0. The van der Waals surface area contributed by atoms with Gasteiger partial charge < -0.3 is 11.1 Å². The van der Waals surface area contributed by atoms with E-state index in [1.165, 1.54) is 11.3 Å². The highest BCUT2D eigenvalue weighted by atomic mass is 32.1. The normalized spacial score (nSPS) is 10.2. The third-order valence-corrected chi connectivity index (χ3v) is 2.51. The molecule has 2 rings (SSSR count). The largest absolute Gasteiger partial charge is 0.379 e. The lowest BCUT2D eigenvalue weighted by molar-refractivity contribution is 0.0945. The number of hydrogen-bond acceptors (Lipinski definition) is 7.